The molecule has 0 amide bonds. The fourth-order valence-electron chi connectivity index (χ4n) is 14.2. The second kappa shape index (κ2) is 19.8. The van der Waals surface area contributed by atoms with Crippen LogP contribution in [0.1, 0.15) is 107 Å². The molecule has 4 aliphatic carbocycles. The molecule has 1 unspecified atom stereocenters. The van der Waals surface area contributed by atoms with Crippen molar-refractivity contribution in [2.24, 2.45) is 45.3 Å². The van der Waals surface area contributed by atoms with Crippen molar-refractivity contribution in [3.63, 3.8) is 0 Å². The number of aliphatic hydroxyl groups excluding tert-OH is 12. The Bertz CT molecular complexity index is 1710. The zero-order valence-corrected chi connectivity index (χ0v) is 40.3. The minimum absolute atomic E-state index is 0.0500. The summed E-state index contributed by atoms with van der Waals surface area (Å²) in [5, 5.41) is 139. The van der Waals surface area contributed by atoms with Gasteiger partial charge >= 0.3 is 0 Å². The summed E-state index contributed by atoms with van der Waals surface area (Å²) in [6, 6.07) is 0. The van der Waals surface area contributed by atoms with Crippen LogP contribution in [0.5, 0.6) is 0 Å². The lowest BCUT2D eigenvalue weighted by Crippen LogP contribution is -2.65. The summed E-state index contributed by atoms with van der Waals surface area (Å²) in [5.74, 6) is 0.476. The van der Waals surface area contributed by atoms with Gasteiger partial charge in [0, 0.05) is 10.8 Å². The third-order valence-electron chi connectivity index (χ3n) is 18.7. The SMILES string of the molecule is C[C@H](CC[C@@H](O[C@@H]1O[C@H](CO)[C@@H](O)[C@H](O)[C@H]1OC1O[C@H](CO)[C@@H](O)[C@H](O)[C@H]1O)C(C)(C)O)[C@H]1CC[C@@]2(C)[C@@H]3CC=C4[C@@H](CC[C@H](O[C@@H]5O[C@H](CO)[C@@H](O)[C@H](O)[C@H]5O)C4(C)C)[C@]3(C)[C@H](O)C[C@]12C. The average Bonchev–Trinajstić information content (AvgIpc) is 3.54. The van der Waals surface area contributed by atoms with E-state index in [4.69, 9.17) is 28.4 Å². The second-order valence-electron chi connectivity index (χ2n) is 23.0. The van der Waals surface area contributed by atoms with E-state index in [1.807, 2.05) is 0 Å². The molecule has 0 aromatic rings. The molecule has 19 nitrogen and oxygen atoms in total. The van der Waals surface area contributed by atoms with Crippen molar-refractivity contribution >= 4 is 0 Å². The van der Waals surface area contributed by atoms with Gasteiger partial charge in [-0.25, -0.2) is 0 Å². The zero-order valence-electron chi connectivity index (χ0n) is 40.3. The van der Waals surface area contributed by atoms with Gasteiger partial charge in [0.1, 0.15) is 73.2 Å². The molecule has 3 aliphatic heterocycles. The summed E-state index contributed by atoms with van der Waals surface area (Å²) in [6.45, 7) is 14.5. The summed E-state index contributed by atoms with van der Waals surface area (Å²) in [4.78, 5) is 0. The van der Waals surface area contributed by atoms with E-state index in [9.17, 15) is 66.4 Å². The van der Waals surface area contributed by atoms with Gasteiger partial charge in [0.2, 0.25) is 0 Å². The monoisotopic (exact) mass is 963 g/mol. The van der Waals surface area contributed by atoms with Crippen molar-refractivity contribution in [3.05, 3.63) is 11.6 Å². The van der Waals surface area contributed by atoms with Gasteiger partial charge in [-0.3, -0.25) is 0 Å². The Morgan fingerprint density at radius 3 is 1.72 bits per heavy atom. The standard InChI is InChI=1S/C48H82O19/c1-21(9-13-31(45(4,5)61)66-43-40(37(58)34(55)27(20-51)64-43)67-42-39(60)36(57)33(54)26(19-50)63-42)22-15-16-46(6)28-12-10-23-24(48(28,8)29(52)17-47(22,46)7)11-14-30(44(23,2)3)65-41-38(59)35(56)32(53)25(18-49)62-41/h10,21-22,24-43,49-61H,9,11-20H2,1-8H3/t21-,22-,24-,25-,26-,27-,28+,29-,30+,31-,32-,33-,34-,35+,36+,37+,38-,39-,40-,41+,42?,43+,46+,47-,48+/m1/s1. The third-order valence-corrected chi connectivity index (χ3v) is 18.7. The highest BCUT2D eigenvalue weighted by Gasteiger charge is 2.70. The van der Waals surface area contributed by atoms with Gasteiger partial charge < -0.3 is 94.8 Å². The van der Waals surface area contributed by atoms with Crippen LogP contribution in [-0.4, -0.2) is 202 Å². The summed E-state index contributed by atoms with van der Waals surface area (Å²) >= 11 is 0. The zero-order chi connectivity index (χ0) is 49.5. The van der Waals surface area contributed by atoms with E-state index in [0.29, 0.717) is 25.7 Å². The first-order valence-electron chi connectivity index (χ1n) is 24.5. The molecule has 0 bridgehead atoms. The molecule has 7 rings (SSSR count). The third kappa shape index (κ3) is 9.13. The lowest BCUT2D eigenvalue weighted by Gasteiger charge is -2.67. The van der Waals surface area contributed by atoms with E-state index in [1.165, 1.54) is 5.57 Å². The first-order chi connectivity index (χ1) is 31.2. The Morgan fingerprint density at radius 2 is 1.18 bits per heavy atom. The van der Waals surface area contributed by atoms with Gasteiger partial charge in [0.05, 0.1) is 43.7 Å². The predicted octanol–water partition coefficient (Wildman–Crippen LogP) is -1.06. The van der Waals surface area contributed by atoms with E-state index >= 15 is 0 Å². The molecule has 0 spiro atoms. The summed E-state index contributed by atoms with van der Waals surface area (Å²) in [5.41, 5.74) is -1.70. The van der Waals surface area contributed by atoms with Gasteiger partial charge in [-0.05, 0) is 99.7 Å². The number of aliphatic hydroxyl groups is 13. The summed E-state index contributed by atoms with van der Waals surface area (Å²) in [6.07, 6.45) is -17.3. The maximum Gasteiger partial charge on any atom is 0.187 e. The first kappa shape index (κ1) is 53.8. The first-order valence-corrected chi connectivity index (χ1v) is 24.5. The molecule has 0 aromatic heterocycles. The maximum atomic E-state index is 12.6. The van der Waals surface area contributed by atoms with Gasteiger partial charge in [-0.2, -0.15) is 0 Å². The van der Waals surface area contributed by atoms with E-state index in [2.05, 4.69) is 47.6 Å². The van der Waals surface area contributed by atoms with Crippen molar-refractivity contribution < 1.29 is 94.8 Å². The Kier molecular flexibility index (Phi) is 15.9. The Balaban J connectivity index is 1.06. The fourth-order valence-corrected chi connectivity index (χ4v) is 14.2. The van der Waals surface area contributed by atoms with Gasteiger partial charge in [0.25, 0.3) is 0 Å². The molecule has 388 valence electrons. The van der Waals surface area contributed by atoms with Crippen LogP contribution in [0.2, 0.25) is 0 Å². The molecule has 0 aromatic carbocycles. The van der Waals surface area contributed by atoms with Crippen LogP contribution in [-0.2, 0) is 28.4 Å². The van der Waals surface area contributed by atoms with Crippen LogP contribution in [0, 0.1) is 45.3 Å². The molecular formula is C48H82O19. The number of allylic oxidation sites excluding steroid dienone is 1. The summed E-state index contributed by atoms with van der Waals surface area (Å²) < 4.78 is 35.9. The Morgan fingerprint density at radius 1 is 0.657 bits per heavy atom. The number of fused-ring (bicyclic) bond motifs is 5. The Labute approximate surface area is 393 Å². The average molecular weight is 963 g/mol. The van der Waals surface area contributed by atoms with Crippen molar-refractivity contribution in [1.29, 1.82) is 0 Å². The predicted molar refractivity (Wildman–Crippen MR) is 235 cm³/mol. The van der Waals surface area contributed by atoms with Crippen LogP contribution in [0.25, 0.3) is 0 Å². The van der Waals surface area contributed by atoms with Crippen LogP contribution in [0.4, 0.5) is 0 Å². The van der Waals surface area contributed by atoms with Crippen molar-refractivity contribution in [1.82, 2.24) is 0 Å². The largest absolute Gasteiger partial charge is 0.394 e. The van der Waals surface area contributed by atoms with E-state index < -0.39 is 147 Å². The lowest BCUT2D eigenvalue weighted by atomic mass is 9.38. The highest BCUT2D eigenvalue weighted by atomic mass is 16.8. The molecule has 13 N–H and O–H groups in total. The molecule has 19 heteroatoms. The molecule has 25 atom stereocenters. The van der Waals surface area contributed by atoms with Gasteiger partial charge in [0.15, 0.2) is 18.9 Å². The van der Waals surface area contributed by atoms with Crippen molar-refractivity contribution in [2.75, 3.05) is 19.8 Å². The Hall–Kier alpha value is -1.02. The molecule has 67 heavy (non-hydrogen) atoms. The topological polar surface area (TPSA) is 318 Å². The fraction of sp³-hybridized carbons (Fsp3) is 0.958. The van der Waals surface area contributed by atoms with Crippen molar-refractivity contribution in [2.45, 2.75) is 223 Å². The van der Waals surface area contributed by atoms with E-state index in [-0.39, 0.29) is 34.5 Å². The minimum atomic E-state index is -1.83. The molecule has 7 aliphatic rings. The van der Waals surface area contributed by atoms with Crippen LogP contribution in [0.15, 0.2) is 11.6 Å². The number of ether oxygens (including phenoxy) is 6. The van der Waals surface area contributed by atoms with Gasteiger partial charge in [-0.15, -0.1) is 0 Å². The summed E-state index contributed by atoms with van der Waals surface area (Å²) in [7, 11) is 0. The van der Waals surface area contributed by atoms with Crippen LogP contribution < -0.4 is 0 Å². The molecule has 6 fully saturated rings. The lowest BCUT2D eigenvalue weighted by molar-refractivity contribution is -0.375. The number of hydrogen-bond donors (Lipinski definition) is 13. The second-order valence-corrected chi connectivity index (χ2v) is 23.0. The minimum Gasteiger partial charge on any atom is -0.394 e. The quantitative estimate of drug-likeness (QED) is 0.0924. The highest BCUT2D eigenvalue weighted by Crippen LogP contribution is 2.75. The molecule has 0 radical (unpaired) electrons. The maximum absolute atomic E-state index is 12.6. The number of hydrogen-bond acceptors (Lipinski definition) is 19. The highest BCUT2D eigenvalue weighted by molar-refractivity contribution is 5.32. The van der Waals surface area contributed by atoms with Crippen molar-refractivity contribution in [3.8, 4) is 0 Å². The van der Waals surface area contributed by atoms with E-state index in [0.717, 1.165) is 25.7 Å². The normalized spacial score (nSPS) is 51.0. The molecule has 3 heterocycles. The van der Waals surface area contributed by atoms with Crippen LogP contribution >= 0.6 is 0 Å². The van der Waals surface area contributed by atoms with Gasteiger partial charge in [-0.1, -0.05) is 53.2 Å². The molecule has 3 saturated carbocycles. The molecular weight excluding hydrogens is 881 g/mol. The smallest absolute Gasteiger partial charge is 0.187 e. The van der Waals surface area contributed by atoms with E-state index in [1.54, 1.807) is 13.8 Å². The molecule has 3 saturated heterocycles. The number of rotatable bonds is 14. The van der Waals surface area contributed by atoms with Crippen LogP contribution in [0.3, 0.4) is 0 Å².